The third-order valence-corrected chi connectivity index (χ3v) is 3.21. The maximum Gasteiger partial charge on any atom is 0.271 e. The summed E-state index contributed by atoms with van der Waals surface area (Å²) in [7, 11) is 0. The van der Waals surface area contributed by atoms with E-state index < -0.39 is 11.0 Å². The monoisotopic (exact) mass is 341 g/mol. The molecule has 1 atom stereocenters. The number of non-ortho nitro benzene ring substituents is 1. The molecule has 7 heteroatoms. The molecule has 0 fully saturated rings. The fourth-order valence-electron chi connectivity index (χ4n) is 1.67. The Morgan fingerprint density at radius 2 is 2.00 bits per heavy atom. The van der Waals surface area contributed by atoms with Crippen molar-refractivity contribution in [2.75, 3.05) is 0 Å². The average molecular weight is 343 g/mol. The molecule has 1 aromatic heterocycles. The lowest BCUT2D eigenvalue weighted by atomic mass is 10.0. The van der Waals surface area contributed by atoms with Gasteiger partial charge in [-0.05, 0) is 39.2 Å². The zero-order chi connectivity index (χ0) is 14.0. The highest BCUT2D eigenvalue weighted by atomic mass is 79.9. The van der Waals surface area contributed by atoms with Crippen LogP contribution in [-0.4, -0.2) is 9.91 Å². The number of nitro groups is 1. The molecule has 2 aromatic rings. The molecule has 1 heterocycles. The minimum atomic E-state index is -0.526. The van der Waals surface area contributed by atoms with Crippen molar-refractivity contribution in [1.29, 1.82) is 0 Å². The quantitative estimate of drug-likeness (QED) is 0.684. The first-order chi connectivity index (χ1) is 8.97. The van der Waals surface area contributed by atoms with Crippen LogP contribution >= 0.6 is 27.5 Å². The Morgan fingerprint density at radius 1 is 1.26 bits per heavy atom. The highest BCUT2D eigenvalue weighted by Gasteiger charge is 2.15. The Balaban J connectivity index is 2.43. The largest absolute Gasteiger partial charge is 0.320 e. The minimum absolute atomic E-state index is 0.0825. The van der Waals surface area contributed by atoms with Gasteiger partial charge in [0, 0.05) is 34.0 Å². The Kier molecular flexibility index (Phi) is 4.14. The van der Waals surface area contributed by atoms with Crippen molar-refractivity contribution in [3.05, 3.63) is 67.4 Å². The van der Waals surface area contributed by atoms with Crippen molar-refractivity contribution in [2.24, 2.45) is 5.73 Å². The number of hydrogen-bond acceptors (Lipinski definition) is 4. The molecule has 2 N–H and O–H groups in total. The maximum atomic E-state index is 10.8. The van der Waals surface area contributed by atoms with E-state index in [2.05, 4.69) is 20.9 Å². The van der Waals surface area contributed by atoms with Gasteiger partial charge in [0.2, 0.25) is 0 Å². The molecule has 98 valence electrons. The second-order valence-corrected chi connectivity index (χ2v) is 5.27. The molecule has 0 amide bonds. The number of pyridine rings is 1. The van der Waals surface area contributed by atoms with E-state index in [1.807, 2.05) is 6.07 Å². The number of hydrogen-bond donors (Lipinski definition) is 1. The Bertz CT molecular complexity index is 636. The summed E-state index contributed by atoms with van der Waals surface area (Å²) >= 11 is 9.17. The van der Waals surface area contributed by atoms with Crippen LogP contribution in [0, 0.1) is 10.1 Å². The highest BCUT2D eigenvalue weighted by molar-refractivity contribution is 9.10. The Morgan fingerprint density at radius 3 is 2.63 bits per heavy atom. The van der Waals surface area contributed by atoms with Crippen LogP contribution in [-0.2, 0) is 0 Å². The van der Waals surface area contributed by atoms with Gasteiger partial charge in [0.05, 0.1) is 11.0 Å². The topological polar surface area (TPSA) is 82.0 Å². The molecule has 1 aromatic carbocycles. The number of nitro benzene ring substituents is 1. The first-order valence-corrected chi connectivity index (χ1v) is 6.45. The molecule has 1 unspecified atom stereocenters. The average Bonchev–Trinajstić information content (AvgIpc) is 2.37. The molecule has 0 radical (unpaired) electrons. The van der Waals surface area contributed by atoms with E-state index in [1.54, 1.807) is 18.5 Å². The van der Waals surface area contributed by atoms with Crippen LogP contribution in [0.25, 0.3) is 0 Å². The van der Waals surface area contributed by atoms with Gasteiger partial charge in [0.25, 0.3) is 5.69 Å². The number of rotatable bonds is 3. The summed E-state index contributed by atoms with van der Waals surface area (Å²) in [6.07, 6.45) is 3.25. The lowest BCUT2D eigenvalue weighted by Crippen LogP contribution is -2.12. The van der Waals surface area contributed by atoms with Gasteiger partial charge < -0.3 is 5.73 Å². The predicted molar refractivity (Wildman–Crippen MR) is 76.1 cm³/mol. The van der Waals surface area contributed by atoms with Crippen molar-refractivity contribution in [3.8, 4) is 0 Å². The summed E-state index contributed by atoms with van der Waals surface area (Å²) < 4.78 is 0.789. The van der Waals surface area contributed by atoms with Gasteiger partial charge in [-0.2, -0.15) is 0 Å². The number of halogens is 2. The molecular weight excluding hydrogens is 334 g/mol. The first kappa shape index (κ1) is 13.9. The molecular formula is C12H9BrClN3O2. The molecule has 0 aliphatic heterocycles. The third-order valence-electron chi connectivity index (χ3n) is 2.56. The normalized spacial score (nSPS) is 12.2. The fourth-order valence-corrected chi connectivity index (χ4v) is 2.29. The number of aromatic nitrogens is 1. The van der Waals surface area contributed by atoms with Crippen LogP contribution in [0.3, 0.4) is 0 Å². The molecule has 19 heavy (non-hydrogen) atoms. The van der Waals surface area contributed by atoms with E-state index in [1.165, 1.54) is 12.1 Å². The lowest BCUT2D eigenvalue weighted by Gasteiger charge is -2.12. The summed E-state index contributed by atoms with van der Waals surface area (Å²) in [5.41, 5.74) is 7.31. The highest BCUT2D eigenvalue weighted by Crippen LogP contribution is 2.28. The van der Waals surface area contributed by atoms with Crippen molar-refractivity contribution < 1.29 is 4.92 Å². The van der Waals surface area contributed by atoms with Gasteiger partial charge in [0.15, 0.2) is 0 Å². The SMILES string of the molecule is NC(c1cncc(Br)c1)c1cc(Cl)cc([N+](=O)[O-])c1. The van der Waals surface area contributed by atoms with Crippen LogP contribution in [0.2, 0.25) is 5.02 Å². The van der Waals surface area contributed by atoms with Gasteiger partial charge >= 0.3 is 0 Å². The molecule has 0 bridgehead atoms. The van der Waals surface area contributed by atoms with Crippen molar-refractivity contribution in [3.63, 3.8) is 0 Å². The summed E-state index contributed by atoms with van der Waals surface area (Å²) in [5.74, 6) is 0. The van der Waals surface area contributed by atoms with Crippen LogP contribution in [0.1, 0.15) is 17.2 Å². The van der Waals surface area contributed by atoms with Crippen LogP contribution in [0.5, 0.6) is 0 Å². The number of nitrogens with two attached hydrogens (primary N) is 1. The molecule has 0 saturated heterocycles. The second-order valence-electron chi connectivity index (χ2n) is 3.91. The lowest BCUT2D eigenvalue weighted by molar-refractivity contribution is -0.384. The zero-order valence-corrected chi connectivity index (χ0v) is 11.9. The van der Waals surface area contributed by atoms with Crippen molar-refractivity contribution >= 4 is 33.2 Å². The van der Waals surface area contributed by atoms with E-state index >= 15 is 0 Å². The van der Waals surface area contributed by atoms with Gasteiger partial charge in [0.1, 0.15) is 0 Å². The predicted octanol–water partition coefficient (Wildman–Crippen LogP) is 3.45. The van der Waals surface area contributed by atoms with Gasteiger partial charge in [-0.25, -0.2) is 0 Å². The summed E-state index contributed by atoms with van der Waals surface area (Å²) in [4.78, 5) is 14.3. The molecule has 0 saturated carbocycles. The van der Waals surface area contributed by atoms with Crippen molar-refractivity contribution in [2.45, 2.75) is 6.04 Å². The molecule has 0 aliphatic carbocycles. The fraction of sp³-hybridized carbons (Fsp3) is 0.0833. The van der Waals surface area contributed by atoms with E-state index in [-0.39, 0.29) is 10.7 Å². The first-order valence-electron chi connectivity index (χ1n) is 5.28. The van der Waals surface area contributed by atoms with E-state index in [4.69, 9.17) is 17.3 Å². The number of benzene rings is 1. The summed E-state index contributed by atoms with van der Waals surface area (Å²) in [5, 5.41) is 11.1. The van der Waals surface area contributed by atoms with Crippen LogP contribution in [0.15, 0.2) is 41.1 Å². The van der Waals surface area contributed by atoms with Gasteiger partial charge in [-0.1, -0.05) is 11.6 Å². The summed E-state index contributed by atoms with van der Waals surface area (Å²) in [6.45, 7) is 0. The smallest absolute Gasteiger partial charge is 0.271 e. The summed E-state index contributed by atoms with van der Waals surface area (Å²) in [6, 6.07) is 5.60. The van der Waals surface area contributed by atoms with E-state index in [0.717, 1.165) is 10.0 Å². The third kappa shape index (κ3) is 3.28. The van der Waals surface area contributed by atoms with E-state index in [9.17, 15) is 10.1 Å². The minimum Gasteiger partial charge on any atom is -0.320 e. The van der Waals surface area contributed by atoms with Crippen molar-refractivity contribution in [1.82, 2.24) is 4.98 Å². The Labute approximate surface area is 122 Å². The molecule has 2 rings (SSSR count). The molecule has 5 nitrogen and oxygen atoms in total. The zero-order valence-electron chi connectivity index (χ0n) is 9.59. The van der Waals surface area contributed by atoms with Crippen LogP contribution < -0.4 is 5.73 Å². The second kappa shape index (κ2) is 5.64. The molecule has 0 spiro atoms. The van der Waals surface area contributed by atoms with Gasteiger partial charge in [-0.3, -0.25) is 15.1 Å². The number of nitrogens with zero attached hydrogens (tertiary/aromatic N) is 2. The van der Waals surface area contributed by atoms with Crippen LogP contribution in [0.4, 0.5) is 5.69 Å². The van der Waals surface area contributed by atoms with Gasteiger partial charge in [-0.15, -0.1) is 0 Å². The maximum absolute atomic E-state index is 10.8. The van der Waals surface area contributed by atoms with E-state index in [0.29, 0.717) is 5.56 Å². The standard InChI is InChI=1S/C12H9BrClN3O2/c13-9-1-8(5-16-6-9)12(15)7-2-10(14)4-11(3-7)17(18)19/h1-6,12H,15H2. The molecule has 0 aliphatic rings. The Hall–Kier alpha value is -1.50.